The van der Waals surface area contributed by atoms with Gasteiger partial charge in [-0.15, -0.1) is 0 Å². The van der Waals surface area contributed by atoms with Crippen molar-refractivity contribution in [2.24, 2.45) is 0 Å². The lowest BCUT2D eigenvalue weighted by molar-refractivity contribution is 1.08. The van der Waals surface area contributed by atoms with Gasteiger partial charge in [-0.1, -0.05) is 66.7 Å². The highest BCUT2D eigenvalue weighted by Crippen LogP contribution is 2.29. The van der Waals surface area contributed by atoms with Crippen molar-refractivity contribution in [3.8, 4) is 33.8 Å². The van der Waals surface area contributed by atoms with Crippen LogP contribution in [0.2, 0.25) is 0 Å². The van der Waals surface area contributed by atoms with E-state index in [0.29, 0.717) is 0 Å². The first-order chi connectivity index (χ1) is 13.1. The topological polar surface area (TPSA) is 25.8 Å². The van der Waals surface area contributed by atoms with E-state index in [-0.39, 0.29) is 0 Å². The average molecular weight is 350 g/mol. The van der Waals surface area contributed by atoms with Crippen molar-refractivity contribution in [1.82, 2.24) is 9.97 Å². The van der Waals surface area contributed by atoms with Crippen LogP contribution in [0.5, 0.6) is 0 Å². The average Bonchev–Trinajstić information content (AvgIpc) is 2.71. The highest BCUT2D eigenvalue weighted by molar-refractivity contribution is 5.73. The maximum Gasteiger partial charge on any atom is 0.160 e. The summed E-state index contributed by atoms with van der Waals surface area (Å²) in [6.45, 7) is 6.27. The number of nitrogens with zero attached hydrogens (tertiary/aromatic N) is 2. The van der Waals surface area contributed by atoms with E-state index in [1.807, 2.05) is 24.3 Å². The molecule has 1 aromatic heterocycles. The predicted molar refractivity (Wildman–Crippen MR) is 113 cm³/mol. The van der Waals surface area contributed by atoms with Crippen molar-refractivity contribution in [2.45, 2.75) is 20.8 Å². The third kappa shape index (κ3) is 3.52. The molecule has 0 saturated carbocycles. The van der Waals surface area contributed by atoms with Gasteiger partial charge < -0.3 is 0 Å². The molecule has 0 bridgehead atoms. The molecule has 0 spiro atoms. The minimum atomic E-state index is 0.776. The first-order valence-electron chi connectivity index (χ1n) is 9.20. The molecule has 0 atom stereocenters. The van der Waals surface area contributed by atoms with Crippen LogP contribution < -0.4 is 0 Å². The standard InChI is InChI=1S/C25H22N2/c1-17-14-22(20-10-6-4-7-11-20)16-23(15-17)25-26-19(3)18(2)24(27-25)21-12-8-5-9-13-21/h4-16H,1-3H3. The molecule has 0 aliphatic carbocycles. The first-order valence-corrected chi connectivity index (χ1v) is 9.20. The Balaban J connectivity index is 1.87. The monoisotopic (exact) mass is 350 g/mol. The molecule has 4 aromatic rings. The van der Waals surface area contributed by atoms with E-state index in [0.717, 1.165) is 33.9 Å². The Labute approximate surface area is 160 Å². The molecule has 4 rings (SSSR count). The van der Waals surface area contributed by atoms with Crippen LogP contribution in [0.3, 0.4) is 0 Å². The molecule has 0 N–H and O–H groups in total. The van der Waals surface area contributed by atoms with Gasteiger partial charge in [-0.05, 0) is 55.2 Å². The number of hydrogen-bond donors (Lipinski definition) is 0. The summed E-state index contributed by atoms with van der Waals surface area (Å²) in [5.41, 5.74) is 8.91. The van der Waals surface area contributed by atoms with Gasteiger partial charge in [0.15, 0.2) is 5.82 Å². The van der Waals surface area contributed by atoms with Crippen LogP contribution in [0.25, 0.3) is 33.8 Å². The minimum absolute atomic E-state index is 0.776. The highest BCUT2D eigenvalue weighted by Gasteiger charge is 2.12. The maximum atomic E-state index is 4.94. The van der Waals surface area contributed by atoms with Gasteiger partial charge in [0, 0.05) is 16.8 Å². The fourth-order valence-corrected chi connectivity index (χ4v) is 3.34. The predicted octanol–water partition coefficient (Wildman–Crippen LogP) is 6.40. The maximum absolute atomic E-state index is 4.94. The fraction of sp³-hybridized carbons (Fsp3) is 0.120. The molecule has 1 heterocycles. The van der Waals surface area contributed by atoms with Gasteiger partial charge in [-0.3, -0.25) is 0 Å². The van der Waals surface area contributed by atoms with E-state index in [1.54, 1.807) is 0 Å². The fourth-order valence-electron chi connectivity index (χ4n) is 3.34. The van der Waals surface area contributed by atoms with Crippen molar-refractivity contribution in [2.75, 3.05) is 0 Å². The van der Waals surface area contributed by atoms with Crippen molar-refractivity contribution in [1.29, 1.82) is 0 Å². The SMILES string of the molecule is Cc1cc(-c2ccccc2)cc(-c2nc(C)c(C)c(-c3ccccc3)n2)c1. The molecule has 0 radical (unpaired) electrons. The second-order valence-corrected chi connectivity index (χ2v) is 6.93. The van der Waals surface area contributed by atoms with Crippen molar-refractivity contribution < 1.29 is 0 Å². The van der Waals surface area contributed by atoms with Crippen LogP contribution >= 0.6 is 0 Å². The minimum Gasteiger partial charge on any atom is -0.233 e. The van der Waals surface area contributed by atoms with E-state index in [9.17, 15) is 0 Å². The van der Waals surface area contributed by atoms with Crippen LogP contribution in [0, 0.1) is 20.8 Å². The quantitative estimate of drug-likeness (QED) is 0.427. The smallest absolute Gasteiger partial charge is 0.160 e. The Morgan fingerprint density at radius 3 is 1.81 bits per heavy atom. The molecule has 132 valence electrons. The normalized spacial score (nSPS) is 10.8. The van der Waals surface area contributed by atoms with Crippen LogP contribution in [-0.2, 0) is 0 Å². The molecule has 0 amide bonds. The molecule has 0 fully saturated rings. The molecule has 2 nitrogen and oxygen atoms in total. The zero-order chi connectivity index (χ0) is 18.8. The summed E-state index contributed by atoms with van der Waals surface area (Å²) in [5, 5.41) is 0. The van der Waals surface area contributed by atoms with Gasteiger partial charge in [-0.2, -0.15) is 0 Å². The van der Waals surface area contributed by atoms with Gasteiger partial charge in [0.1, 0.15) is 0 Å². The summed E-state index contributed by atoms with van der Waals surface area (Å²) >= 11 is 0. The van der Waals surface area contributed by atoms with E-state index in [1.165, 1.54) is 16.7 Å². The molecule has 0 unspecified atom stereocenters. The zero-order valence-corrected chi connectivity index (χ0v) is 15.9. The van der Waals surface area contributed by atoms with Gasteiger partial charge in [0.05, 0.1) is 5.69 Å². The molecule has 0 aliphatic rings. The Bertz CT molecular complexity index is 1080. The highest BCUT2D eigenvalue weighted by atomic mass is 14.9. The van der Waals surface area contributed by atoms with Gasteiger partial charge in [0.2, 0.25) is 0 Å². The summed E-state index contributed by atoms with van der Waals surface area (Å²) < 4.78 is 0. The molecule has 0 saturated heterocycles. The van der Waals surface area contributed by atoms with Gasteiger partial charge >= 0.3 is 0 Å². The lowest BCUT2D eigenvalue weighted by atomic mass is 9.99. The van der Waals surface area contributed by atoms with Gasteiger partial charge in [0.25, 0.3) is 0 Å². The van der Waals surface area contributed by atoms with Crippen LogP contribution in [0.1, 0.15) is 16.8 Å². The Morgan fingerprint density at radius 1 is 0.556 bits per heavy atom. The summed E-state index contributed by atoms with van der Waals surface area (Å²) in [6, 6.07) is 27.3. The number of aryl methyl sites for hydroxylation is 2. The summed E-state index contributed by atoms with van der Waals surface area (Å²) in [4.78, 5) is 9.73. The lowest BCUT2D eigenvalue weighted by Gasteiger charge is -2.12. The molecular weight excluding hydrogens is 328 g/mol. The second-order valence-electron chi connectivity index (χ2n) is 6.93. The Morgan fingerprint density at radius 2 is 1.15 bits per heavy atom. The van der Waals surface area contributed by atoms with Crippen molar-refractivity contribution in [3.63, 3.8) is 0 Å². The van der Waals surface area contributed by atoms with Crippen molar-refractivity contribution in [3.05, 3.63) is 95.7 Å². The summed E-state index contributed by atoms with van der Waals surface area (Å²) in [7, 11) is 0. The zero-order valence-electron chi connectivity index (χ0n) is 15.9. The Kier molecular flexibility index (Phi) is 4.55. The molecule has 27 heavy (non-hydrogen) atoms. The summed E-state index contributed by atoms with van der Waals surface area (Å²) in [5.74, 6) is 0.776. The van der Waals surface area contributed by atoms with Crippen molar-refractivity contribution >= 4 is 0 Å². The molecular formula is C25H22N2. The molecule has 3 aromatic carbocycles. The summed E-state index contributed by atoms with van der Waals surface area (Å²) in [6.07, 6.45) is 0. The first kappa shape index (κ1) is 17.2. The lowest BCUT2D eigenvalue weighted by Crippen LogP contribution is -2.00. The third-order valence-electron chi connectivity index (χ3n) is 4.88. The third-order valence-corrected chi connectivity index (χ3v) is 4.88. The van der Waals surface area contributed by atoms with Crippen LogP contribution in [-0.4, -0.2) is 9.97 Å². The van der Waals surface area contributed by atoms with E-state index in [2.05, 4.69) is 75.4 Å². The largest absolute Gasteiger partial charge is 0.233 e. The van der Waals surface area contributed by atoms with E-state index in [4.69, 9.17) is 9.97 Å². The van der Waals surface area contributed by atoms with Crippen LogP contribution in [0.15, 0.2) is 78.9 Å². The Hall–Kier alpha value is -3.26. The second kappa shape index (κ2) is 7.16. The molecule has 0 aliphatic heterocycles. The number of hydrogen-bond acceptors (Lipinski definition) is 2. The van der Waals surface area contributed by atoms with E-state index >= 15 is 0 Å². The van der Waals surface area contributed by atoms with Gasteiger partial charge in [-0.25, -0.2) is 9.97 Å². The number of rotatable bonds is 3. The van der Waals surface area contributed by atoms with E-state index < -0.39 is 0 Å². The van der Waals surface area contributed by atoms with Crippen LogP contribution in [0.4, 0.5) is 0 Å². The molecule has 2 heteroatoms. The number of aromatic nitrogens is 2. The number of benzene rings is 3.